The molecule has 0 radical (unpaired) electrons. The Kier molecular flexibility index (Phi) is 6.45. The van der Waals surface area contributed by atoms with E-state index in [4.69, 9.17) is 9.47 Å². The van der Waals surface area contributed by atoms with Crippen LogP contribution < -0.4 is 0 Å². The van der Waals surface area contributed by atoms with Crippen LogP contribution in [0.3, 0.4) is 0 Å². The first-order valence-corrected chi connectivity index (χ1v) is 9.76. The van der Waals surface area contributed by atoms with E-state index < -0.39 is 11.9 Å². The maximum Gasteiger partial charge on any atom is 0.340 e. The van der Waals surface area contributed by atoms with Crippen LogP contribution in [0.4, 0.5) is 0 Å². The zero-order valence-corrected chi connectivity index (χ0v) is 15.2. The van der Waals surface area contributed by atoms with E-state index in [-0.39, 0.29) is 13.2 Å². The highest BCUT2D eigenvalue weighted by molar-refractivity contribution is 8.79. The summed E-state index contributed by atoms with van der Waals surface area (Å²) in [6, 6.07) is 6.67. The number of esters is 2. The van der Waals surface area contributed by atoms with Gasteiger partial charge in [0.05, 0.1) is 11.1 Å². The molecule has 1 aliphatic heterocycles. The van der Waals surface area contributed by atoms with Gasteiger partial charge in [0.15, 0.2) is 0 Å². The Hall–Kier alpha value is -2.58. The molecule has 132 valence electrons. The maximum atomic E-state index is 11.9. The number of allylic oxidation sites excluding steroid dienone is 2. The smallest absolute Gasteiger partial charge is 0.340 e. The molecule has 0 N–H and O–H groups in total. The third-order valence-electron chi connectivity index (χ3n) is 3.20. The van der Waals surface area contributed by atoms with E-state index >= 15 is 0 Å². The minimum absolute atomic E-state index is 0.185. The van der Waals surface area contributed by atoms with E-state index in [2.05, 4.69) is 9.97 Å². The van der Waals surface area contributed by atoms with Crippen molar-refractivity contribution in [3.63, 3.8) is 0 Å². The van der Waals surface area contributed by atoms with E-state index in [9.17, 15) is 9.59 Å². The number of rotatable bonds is 6. The van der Waals surface area contributed by atoms with Crippen molar-refractivity contribution < 1.29 is 19.1 Å². The Morgan fingerprint density at radius 1 is 0.808 bits per heavy atom. The highest BCUT2D eigenvalue weighted by Crippen LogP contribution is 2.40. The number of carbonyl (C=O) groups is 2. The molecule has 2 aromatic rings. The summed E-state index contributed by atoms with van der Waals surface area (Å²) < 4.78 is 10.5. The van der Waals surface area contributed by atoms with Gasteiger partial charge in [-0.1, -0.05) is 21.6 Å². The predicted octanol–water partition coefficient (Wildman–Crippen LogP) is 3.65. The van der Waals surface area contributed by atoms with E-state index in [0.29, 0.717) is 11.1 Å². The number of pyridine rings is 2. The van der Waals surface area contributed by atoms with Crippen molar-refractivity contribution in [2.75, 3.05) is 13.2 Å². The third-order valence-corrected chi connectivity index (χ3v) is 5.75. The van der Waals surface area contributed by atoms with Crippen LogP contribution in [-0.2, 0) is 9.47 Å². The van der Waals surface area contributed by atoms with Crippen molar-refractivity contribution in [1.29, 1.82) is 0 Å². The summed E-state index contributed by atoms with van der Waals surface area (Å²) in [6.07, 6.45) is 9.83. The van der Waals surface area contributed by atoms with Gasteiger partial charge in [0.25, 0.3) is 0 Å². The number of carbonyl (C=O) groups excluding carboxylic acids is 2. The molecule has 1 aliphatic rings. The van der Waals surface area contributed by atoms with E-state index in [1.165, 1.54) is 34.0 Å². The Morgan fingerprint density at radius 2 is 1.27 bits per heavy atom. The number of aromatic nitrogens is 2. The van der Waals surface area contributed by atoms with Gasteiger partial charge < -0.3 is 9.47 Å². The van der Waals surface area contributed by atoms with Gasteiger partial charge >= 0.3 is 11.9 Å². The molecule has 0 atom stereocenters. The molecule has 8 heteroatoms. The van der Waals surface area contributed by atoms with E-state index in [1.807, 2.05) is 12.2 Å². The molecule has 0 fully saturated rings. The van der Waals surface area contributed by atoms with Gasteiger partial charge in [0, 0.05) is 34.6 Å². The largest absolute Gasteiger partial charge is 0.457 e. The van der Waals surface area contributed by atoms with Gasteiger partial charge in [-0.05, 0) is 36.4 Å². The van der Waals surface area contributed by atoms with Gasteiger partial charge in [-0.15, -0.1) is 0 Å². The molecule has 0 unspecified atom stereocenters. The lowest BCUT2D eigenvalue weighted by Crippen LogP contribution is -2.09. The standard InChI is InChI=1S/C18H14N2O4S2/c21-17(13-3-1-7-19-9-13)23-11-15-5-6-16(26-25-15)12-24-18(22)14-4-2-8-20-10-14/h1-10H,11-12H2. The van der Waals surface area contributed by atoms with Gasteiger partial charge in [-0.2, -0.15) is 0 Å². The molecule has 0 saturated carbocycles. The lowest BCUT2D eigenvalue weighted by Gasteiger charge is -2.13. The van der Waals surface area contributed by atoms with Crippen LogP contribution in [0.15, 0.2) is 71.0 Å². The fourth-order valence-electron chi connectivity index (χ4n) is 1.90. The number of nitrogens with zero attached hydrogens (tertiary/aromatic N) is 2. The SMILES string of the molecule is O=C(OCC1=CC=C(COC(=O)c2cccnc2)SS1)c1cccnc1. The summed E-state index contributed by atoms with van der Waals surface area (Å²) >= 11 is 0. The van der Waals surface area contributed by atoms with Gasteiger partial charge in [0.1, 0.15) is 13.2 Å². The molecule has 0 saturated heterocycles. The van der Waals surface area contributed by atoms with Crippen LogP contribution >= 0.6 is 21.6 Å². The lowest BCUT2D eigenvalue weighted by atomic mass is 10.3. The highest BCUT2D eigenvalue weighted by Gasteiger charge is 2.14. The molecule has 3 heterocycles. The molecule has 26 heavy (non-hydrogen) atoms. The molecular formula is C18H14N2O4S2. The first kappa shape index (κ1) is 18.2. The van der Waals surface area contributed by atoms with Crippen molar-refractivity contribution in [2.45, 2.75) is 0 Å². The van der Waals surface area contributed by atoms with Crippen LogP contribution in [0.2, 0.25) is 0 Å². The Morgan fingerprint density at radius 3 is 1.62 bits per heavy atom. The van der Waals surface area contributed by atoms with Crippen molar-refractivity contribution in [3.8, 4) is 0 Å². The molecule has 0 aromatic carbocycles. The summed E-state index contributed by atoms with van der Waals surface area (Å²) in [4.78, 5) is 33.3. The van der Waals surface area contributed by atoms with Crippen molar-refractivity contribution in [1.82, 2.24) is 9.97 Å². The minimum atomic E-state index is -0.412. The Bertz CT molecular complexity index is 767. The molecule has 3 rings (SSSR count). The van der Waals surface area contributed by atoms with Crippen LogP contribution in [0, 0.1) is 0 Å². The quantitative estimate of drug-likeness (QED) is 0.550. The van der Waals surface area contributed by atoms with Crippen molar-refractivity contribution in [2.24, 2.45) is 0 Å². The fourth-order valence-corrected chi connectivity index (χ4v) is 3.84. The van der Waals surface area contributed by atoms with Crippen LogP contribution in [0.25, 0.3) is 0 Å². The second-order valence-corrected chi connectivity index (χ2v) is 7.45. The van der Waals surface area contributed by atoms with Crippen molar-refractivity contribution in [3.05, 3.63) is 82.1 Å². The van der Waals surface area contributed by atoms with Crippen LogP contribution in [0.5, 0.6) is 0 Å². The lowest BCUT2D eigenvalue weighted by molar-refractivity contribution is 0.0535. The van der Waals surface area contributed by atoms with Crippen LogP contribution in [0.1, 0.15) is 20.7 Å². The molecule has 6 nitrogen and oxygen atoms in total. The molecule has 0 aliphatic carbocycles. The highest BCUT2D eigenvalue weighted by atomic mass is 33.1. The second-order valence-electron chi connectivity index (χ2n) is 5.07. The number of hydrogen-bond acceptors (Lipinski definition) is 8. The van der Waals surface area contributed by atoms with Crippen LogP contribution in [-0.4, -0.2) is 35.1 Å². The molecule has 0 amide bonds. The Balaban J connectivity index is 1.47. The summed E-state index contributed by atoms with van der Waals surface area (Å²) in [5, 5.41) is 0. The molecular weight excluding hydrogens is 372 g/mol. The number of hydrogen-bond donors (Lipinski definition) is 0. The van der Waals surface area contributed by atoms with Crippen molar-refractivity contribution >= 4 is 33.5 Å². The molecule has 0 bridgehead atoms. The van der Waals surface area contributed by atoms with Gasteiger partial charge in [-0.25, -0.2) is 9.59 Å². The zero-order valence-electron chi connectivity index (χ0n) is 13.5. The summed E-state index contributed by atoms with van der Waals surface area (Å²) in [6.45, 7) is 0.370. The number of ether oxygens (including phenoxy) is 2. The monoisotopic (exact) mass is 386 g/mol. The predicted molar refractivity (Wildman–Crippen MR) is 100 cm³/mol. The molecule has 2 aromatic heterocycles. The topological polar surface area (TPSA) is 78.4 Å². The Labute approximate surface area is 158 Å². The van der Waals surface area contributed by atoms with E-state index in [0.717, 1.165) is 9.81 Å². The minimum Gasteiger partial charge on any atom is -0.457 e. The van der Waals surface area contributed by atoms with Gasteiger partial charge in [0.2, 0.25) is 0 Å². The fraction of sp³-hybridized carbons (Fsp3) is 0.111. The summed E-state index contributed by atoms with van der Waals surface area (Å²) in [7, 11) is 2.94. The average molecular weight is 386 g/mol. The zero-order chi connectivity index (χ0) is 18.2. The van der Waals surface area contributed by atoms with Gasteiger partial charge in [-0.3, -0.25) is 9.97 Å². The second kappa shape index (κ2) is 9.21. The summed E-state index contributed by atoms with van der Waals surface area (Å²) in [5.74, 6) is -0.824. The first-order chi connectivity index (χ1) is 12.7. The normalized spacial score (nSPS) is 13.4. The average Bonchev–Trinajstić information content (AvgIpc) is 2.72. The first-order valence-electron chi connectivity index (χ1n) is 7.61. The maximum absolute atomic E-state index is 11.9. The molecule has 0 spiro atoms. The third kappa shape index (κ3) is 5.21. The van der Waals surface area contributed by atoms with E-state index in [1.54, 1.807) is 36.7 Å². The summed E-state index contributed by atoms with van der Waals surface area (Å²) in [5.41, 5.74) is 0.834.